The van der Waals surface area contributed by atoms with Crippen LogP contribution in [0.25, 0.3) is 0 Å². The molecule has 18 heavy (non-hydrogen) atoms. The number of carbonyl (C=O) groups excluding carboxylic acids is 1. The normalized spacial score (nSPS) is 28.7. The standard InChI is InChI=1S/C14H29N3O/c1-10(2)17(4)8-7-16-14(18)13-6-5-12(15)9-11(13)3/h10-13H,5-9,15H2,1-4H3,(H,16,18). The lowest BCUT2D eigenvalue weighted by molar-refractivity contribution is -0.127. The van der Waals surface area contributed by atoms with E-state index in [0.29, 0.717) is 12.0 Å². The van der Waals surface area contributed by atoms with Crippen molar-refractivity contribution in [3.63, 3.8) is 0 Å². The van der Waals surface area contributed by atoms with E-state index in [9.17, 15) is 4.79 Å². The van der Waals surface area contributed by atoms with Crippen LogP contribution in [-0.4, -0.2) is 43.0 Å². The van der Waals surface area contributed by atoms with Crippen LogP contribution in [0, 0.1) is 11.8 Å². The summed E-state index contributed by atoms with van der Waals surface area (Å²) in [6.45, 7) is 8.11. The lowest BCUT2D eigenvalue weighted by Gasteiger charge is -2.31. The van der Waals surface area contributed by atoms with E-state index < -0.39 is 0 Å². The van der Waals surface area contributed by atoms with Crippen molar-refractivity contribution in [2.75, 3.05) is 20.1 Å². The molecule has 3 unspecified atom stereocenters. The van der Waals surface area contributed by atoms with E-state index >= 15 is 0 Å². The highest BCUT2D eigenvalue weighted by molar-refractivity contribution is 5.79. The largest absolute Gasteiger partial charge is 0.355 e. The monoisotopic (exact) mass is 255 g/mol. The van der Waals surface area contributed by atoms with Gasteiger partial charge in [-0.1, -0.05) is 6.92 Å². The molecule has 0 saturated heterocycles. The summed E-state index contributed by atoms with van der Waals surface area (Å²) in [5, 5.41) is 3.06. The first kappa shape index (κ1) is 15.4. The van der Waals surface area contributed by atoms with Crippen molar-refractivity contribution in [1.29, 1.82) is 0 Å². The van der Waals surface area contributed by atoms with Crippen LogP contribution in [-0.2, 0) is 4.79 Å². The molecule has 0 aromatic heterocycles. The van der Waals surface area contributed by atoms with Gasteiger partial charge in [0.2, 0.25) is 5.91 Å². The first-order valence-corrected chi connectivity index (χ1v) is 7.15. The highest BCUT2D eigenvalue weighted by Gasteiger charge is 2.30. The third-order valence-corrected chi connectivity index (χ3v) is 4.19. The van der Waals surface area contributed by atoms with Crippen molar-refractivity contribution in [3.8, 4) is 0 Å². The maximum atomic E-state index is 12.1. The predicted molar refractivity (Wildman–Crippen MR) is 75.3 cm³/mol. The molecule has 1 rings (SSSR count). The van der Waals surface area contributed by atoms with Crippen molar-refractivity contribution in [2.24, 2.45) is 17.6 Å². The summed E-state index contributed by atoms with van der Waals surface area (Å²) in [5.41, 5.74) is 5.92. The van der Waals surface area contributed by atoms with E-state index in [0.717, 1.165) is 32.4 Å². The second-order valence-electron chi connectivity index (χ2n) is 6.02. The molecule has 1 fully saturated rings. The molecule has 1 aliphatic carbocycles. The molecular weight excluding hydrogens is 226 g/mol. The van der Waals surface area contributed by atoms with Crippen LogP contribution in [0.1, 0.15) is 40.0 Å². The van der Waals surface area contributed by atoms with Gasteiger partial charge in [-0.15, -0.1) is 0 Å². The van der Waals surface area contributed by atoms with Gasteiger partial charge in [-0.05, 0) is 46.1 Å². The van der Waals surface area contributed by atoms with Crippen LogP contribution < -0.4 is 11.1 Å². The Bertz CT molecular complexity index is 268. The van der Waals surface area contributed by atoms with E-state index in [1.165, 1.54) is 0 Å². The van der Waals surface area contributed by atoms with Gasteiger partial charge in [0.05, 0.1) is 0 Å². The summed E-state index contributed by atoms with van der Waals surface area (Å²) < 4.78 is 0. The molecule has 106 valence electrons. The number of amides is 1. The number of likely N-dealkylation sites (N-methyl/N-ethyl adjacent to an activating group) is 1. The van der Waals surface area contributed by atoms with Gasteiger partial charge in [0.25, 0.3) is 0 Å². The average Bonchev–Trinajstić information content (AvgIpc) is 2.28. The Labute approximate surface area is 111 Å². The SMILES string of the molecule is CC1CC(N)CCC1C(=O)NCCN(C)C(C)C. The smallest absolute Gasteiger partial charge is 0.223 e. The van der Waals surface area contributed by atoms with E-state index in [1.54, 1.807) is 0 Å². The van der Waals surface area contributed by atoms with Gasteiger partial charge in [0.1, 0.15) is 0 Å². The number of nitrogens with two attached hydrogens (primary N) is 1. The summed E-state index contributed by atoms with van der Waals surface area (Å²) in [6.07, 6.45) is 2.90. The molecule has 0 heterocycles. The average molecular weight is 255 g/mol. The summed E-state index contributed by atoms with van der Waals surface area (Å²) in [6, 6.07) is 0.810. The molecule has 1 aliphatic rings. The van der Waals surface area contributed by atoms with Crippen LogP contribution in [0.3, 0.4) is 0 Å². The van der Waals surface area contributed by atoms with Crippen molar-refractivity contribution in [1.82, 2.24) is 10.2 Å². The molecule has 0 aliphatic heterocycles. The van der Waals surface area contributed by atoms with Crippen LogP contribution >= 0.6 is 0 Å². The first-order valence-electron chi connectivity index (χ1n) is 7.15. The van der Waals surface area contributed by atoms with Gasteiger partial charge in [-0.2, -0.15) is 0 Å². The predicted octanol–water partition coefficient (Wildman–Crippen LogP) is 1.21. The number of nitrogens with zero attached hydrogens (tertiary/aromatic N) is 1. The molecule has 0 aromatic carbocycles. The van der Waals surface area contributed by atoms with E-state index in [1.807, 2.05) is 0 Å². The van der Waals surface area contributed by atoms with Crippen LogP contribution in [0.5, 0.6) is 0 Å². The summed E-state index contributed by atoms with van der Waals surface area (Å²) in [7, 11) is 2.08. The lowest BCUT2D eigenvalue weighted by Crippen LogP contribution is -2.43. The number of hydrogen-bond acceptors (Lipinski definition) is 3. The molecule has 3 atom stereocenters. The molecule has 0 radical (unpaired) electrons. The fourth-order valence-electron chi connectivity index (χ4n) is 2.57. The molecule has 0 spiro atoms. The zero-order valence-corrected chi connectivity index (χ0v) is 12.3. The fraction of sp³-hybridized carbons (Fsp3) is 0.929. The summed E-state index contributed by atoms with van der Waals surface area (Å²) in [4.78, 5) is 14.3. The second kappa shape index (κ2) is 7.10. The Kier molecular flexibility index (Phi) is 6.09. The Hall–Kier alpha value is -0.610. The van der Waals surface area contributed by atoms with Crippen molar-refractivity contribution in [3.05, 3.63) is 0 Å². The number of nitrogens with one attached hydrogen (secondary N) is 1. The zero-order valence-electron chi connectivity index (χ0n) is 12.3. The van der Waals surface area contributed by atoms with Gasteiger partial charge < -0.3 is 16.0 Å². The Morgan fingerprint density at radius 1 is 1.44 bits per heavy atom. The Balaban J connectivity index is 2.28. The highest BCUT2D eigenvalue weighted by Crippen LogP contribution is 2.28. The lowest BCUT2D eigenvalue weighted by atomic mass is 9.78. The van der Waals surface area contributed by atoms with Gasteiger partial charge in [0.15, 0.2) is 0 Å². The van der Waals surface area contributed by atoms with Crippen LogP contribution in [0.15, 0.2) is 0 Å². The molecule has 3 N–H and O–H groups in total. The van der Waals surface area contributed by atoms with Gasteiger partial charge in [-0.3, -0.25) is 4.79 Å². The fourth-order valence-corrected chi connectivity index (χ4v) is 2.57. The quantitative estimate of drug-likeness (QED) is 0.776. The first-order chi connectivity index (χ1) is 8.41. The highest BCUT2D eigenvalue weighted by atomic mass is 16.1. The van der Waals surface area contributed by atoms with Gasteiger partial charge in [-0.25, -0.2) is 0 Å². The molecule has 0 aromatic rings. The van der Waals surface area contributed by atoms with Gasteiger partial charge in [0, 0.05) is 31.1 Å². The minimum absolute atomic E-state index is 0.161. The number of carbonyl (C=O) groups is 1. The molecular formula is C14H29N3O. The van der Waals surface area contributed by atoms with Crippen molar-refractivity contribution in [2.45, 2.75) is 52.1 Å². The molecule has 1 saturated carbocycles. The maximum Gasteiger partial charge on any atom is 0.223 e. The summed E-state index contributed by atoms with van der Waals surface area (Å²) >= 11 is 0. The zero-order chi connectivity index (χ0) is 13.7. The number of rotatable bonds is 5. The van der Waals surface area contributed by atoms with E-state index in [-0.39, 0.29) is 17.9 Å². The third-order valence-electron chi connectivity index (χ3n) is 4.19. The van der Waals surface area contributed by atoms with Crippen LogP contribution in [0.4, 0.5) is 0 Å². The topological polar surface area (TPSA) is 58.4 Å². The molecule has 4 nitrogen and oxygen atoms in total. The summed E-state index contributed by atoms with van der Waals surface area (Å²) in [5.74, 6) is 0.789. The van der Waals surface area contributed by atoms with E-state index in [4.69, 9.17) is 5.73 Å². The molecule has 4 heteroatoms. The number of hydrogen-bond donors (Lipinski definition) is 2. The maximum absolute atomic E-state index is 12.1. The molecule has 1 amide bonds. The van der Waals surface area contributed by atoms with Crippen molar-refractivity contribution < 1.29 is 4.79 Å². The second-order valence-corrected chi connectivity index (χ2v) is 6.02. The third kappa shape index (κ3) is 4.58. The minimum atomic E-state index is 0.161. The Morgan fingerprint density at radius 2 is 2.11 bits per heavy atom. The van der Waals surface area contributed by atoms with Crippen molar-refractivity contribution >= 4 is 5.91 Å². The molecule has 0 bridgehead atoms. The van der Waals surface area contributed by atoms with Gasteiger partial charge >= 0.3 is 0 Å². The Morgan fingerprint density at radius 3 is 2.67 bits per heavy atom. The van der Waals surface area contributed by atoms with E-state index in [2.05, 4.69) is 38.0 Å². The van der Waals surface area contributed by atoms with Crippen LogP contribution in [0.2, 0.25) is 0 Å². The minimum Gasteiger partial charge on any atom is -0.355 e.